The van der Waals surface area contributed by atoms with E-state index in [0.29, 0.717) is 0 Å². The van der Waals surface area contributed by atoms with Crippen molar-refractivity contribution in [2.24, 2.45) is 0 Å². The Morgan fingerprint density at radius 3 is 2.90 bits per heavy atom. The highest BCUT2D eigenvalue weighted by Gasteiger charge is 2.21. The molecule has 0 spiro atoms. The second-order valence-corrected chi connectivity index (χ2v) is 6.68. The van der Waals surface area contributed by atoms with Crippen LogP contribution in [0.3, 0.4) is 0 Å². The first-order valence-corrected chi connectivity index (χ1v) is 7.91. The SMILES string of the molecule is Cc1nc(CN2CCCC(O)c3ccccc32)sc1C. The fourth-order valence-corrected chi connectivity index (χ4v) is 3.69. The number of hydrogen-bond acceptors (Lipinski definition) is 4. The van der Waals surface area contributed by atoms with Crippen LogP contribution < -0.4 is 4.90 Å². The molecule has 3 nitrogen and oxygen atoms in total. The smallest absolute Gasteiger partial charge is 0.112 e. The summed E-state index contributed by atoms with van der Waals surface area (Å²) in [6.45, 7) is 6.00. The van der Waals surface area contributed by atoms with Crippen molar-refractivity contribution in [3.63, 3.8) is 0 Å². The molecule has 0 radical (unpaired) electrons. The van der Waals surface area contributed by atoms with E-state index in [9.17, 15) is 5.11 Å². The maximum absolute atomic E-state index is 10.2. The van der Waals surface area contributed by atoms with Crippen molar-refractivity contribution in [1.82, 2.24) is 4.98 Å². The van der Waals surface area contributed by atoms with Crippen LogP contribution in [0.15, 0.2) is 24.3 Å². The molecule has 20 heavy (non-hydrogen) atoms. The number of benzene rings is 1. The van der Waals surface area contributed by atoms with Gasteiger partial charge >= 0.3 is 0 Å². The average Bonchev–Trinajstić information content (AvgIpc) is 2.66. The molecule has 1 aromatic heterocycles. The summed E-state index contributed by atoms with van der Waals surface area (Å²) in [6, 6.07) is 8.19. The zero-order valence-corrected chi connectivity index (χ0v) is 12.8. The minimum atomic E-state index is -0.337. The van der Waals surface area contributed by atoms with Crippen LogP contribution in [-0.2, 0) is 6.54 Å². The number of anilines is 1. The summed E-state index contributed by atoms with van der Waals surface area (Å²) in [4.78, 5) is 8.29. The van der Waals surface area contributed by atoms with Crippen molar-refractivity contribution in [2.45, 2.75) is 39.3 Å². The fraction of sp³-hybridized carbons (Fsp3) is 0.438. The lowest BCUT2D eigenvalue weighted by Crippen LogP contribution is -2.23. The van der Waals surface area contributed by atoms with Crippen LogP contribution in [0.4, 0.5) is 5.69 Å². The zero-order chi connectivity index (χ0) is 14.1. The summed E-state index contributed by atoms with van der Waals surface area (Å²) in [5.74, 6) is 0. The van der Waals surface area contributed by atoms with Crippen LogP contribution in [0.2, 0.25) is 0 Å². The second-order valence-electron chi connectivity index (χ2n) is 5.39. The van der Waals surface area contributed by atoms with Crippen molar-refractivity contribution in [3.05, 3.63) is 45.4 Å². The van der Waals surface area contributed by atoms with E-state index in [2.05, 4.69) is 29.8 Å². The Morgan fingerprint density at radius 1 is 1.35 bits per heavy atom. The minimum Gasteiger partial charge on any atom is -0.388 e. The molecule has 0 saturated heterocycles. The first kappa shape index (κ1) is 13.6. The number of nitrogens with zero attached hydrogens (tertiary/aromatic N) is 2. The molecule has 1 aliphatic heterocycles. The quantitative estimate of drug-likeness (QED) is 0.917. The molecule has 2 aromatic rings. The normalized spacial score (nSPS) is 18.8. The zero-order valence-electron chi connectivity index (χ0n) is 12.0. The highest BCUT2D eigenvalue weighted by Crippen LogP contribution is 2.33. The molecule has 1 aromatic carbocycles. The Balaban J connectivity index is 1.91. The van der Waals surface area contributed by atoms with E-state index in [0.717, 1.165) is 47.9 Å². The van der Waals surface area contributed by atoms with Crippen LogP contribution in [0.25, 0.3) is 0 Å². The molecule has 2 heterocycles. The molecule has 1 aliphatic rings. The Labute approximate surface area is 123 Å². The van der Waals surface area contributed by atoms with Gasteiger partial charge in [-0.15, -0.1) is 11.3 Å². The van der Waals surface area contributed by atoms with Gasteiger partial charge in [-0.1, -0.05) is 18.2 Å². The average molecular weight is 288 g/mol. The summed E-state index contributed by atoms with van der Waals surface area (Å²) in [6.07, 6.45) is 1.51. The van der Waals surface area contributed by atoms with E-state index in [1.165, 1.54) is 4.88 Å². The van der Waals surface area contributed by atoms with Crippen molar-refractivity contribution >= 4 is 17.0 Å². The van der Waals surface area contributed by atoms with Gasteiger partial charge in [0.25, 0.3) is 0 Å². The summed E-state index contributed by atoms with van der Waals surface area (Å²) in [7, 11) is 0. The lowest BCUT2D eigenvalue weighted by atomic mass is 10.0. The third-order valence-electron chi connectivity index (χ3n) is 3.94. The monoisotopic (exact) mass is 288 g/mol. The number of aryl methyl sites for hydroxylation is 2. The molecule has 3 rings (SSSR count). The summed E-state index contributed by atoms with van der Waals surface area (Å²) in [5.41, 5.74) is 3.34. The highest BCUT2D eigenvalue weighted by molar-refractivity contribution is 7.11. The predicted octanol–water partition coefficient (Wildman–Crippen LogP) is 3.59. The van der Waals surface area contributed by atoms with E-state index < -0.39 is 0 Å². The van der Waals surface area contributed by atoms with E-state index in [1.807, 2.05) is 18.2 Å². The van der Waals surface area contributed by atoms with E-state index in [1.54, 1.807) is 11.3 Å². The number of aliphatic hydroxyl groups excluding tert-OH is 1. The van der Waals surface area contributed by atoms with Gasteiger partial charge in [-0.25, -0.2) is 4.98 Å². The van der Waals surface area contributed by atoms with Gasteiger partial charge in [0.15, 0.2) is 0 Å². The minimum absolute atomic E-state index is 0.337. The number of rotatable bonds is 2. The summed E-state index contributed by atoms with van der Waals surface area (Å²) < 4.78 is 0. The molecule has 0 amide bonds. The van der Waals surface area contributed by atoms with Gasteiger partial charge in [-0.2, -0.15) is 0 Å². The Bertz CT molecular complexity index is 589. The highest BCUT2D eigenvalue weighted by atomic mass is 32.1. The van der Waals surface area contributed by atoms with Gasteiger partial charge < -0.3 is 10.0 Å². The van der Waals surface area contributed by atoms with Gasteiger partial charge in [-0.3, -0.25) is 0 Å². The molecule has 0 aliphatic carbocycles. The standard InChI is InChI=1S/C16H20N2OS/c1-11-12(2)20-16(17-11)10-18-9-5-8-15(19)13-6-3-4-7-14(13)18/h3-4,6-7,15,19H,5,8-10H2,1-2H3. The Morgan fingerprint density at radius 2 is 2.15 bits per heavy atom. The lowest BCUT2D eigenvalue weighted by molar-refractivity contribution is 0.168. The molecular weight excluding hydrogens is 268 g/mol. The van der Waals surface area contributed by atoms with Crippen LogP contribution in [0.1, 0.15) is 40.1 Å². The van der Waals surface area contributed by atoms with Crippen LogP contribution >= 0.6 is 11.3 Å². The molecule has 0 bridgehead atoms. The molecule has 106 valence electrons. The lowest BCUT2D eigenvalue weighted by Gasteiger charge is -2.24. The molecule has 0 fully saturated rings. The van der Waals surface area contributed by atoms with Gasteiger partial charge in [0.1, 0.15) is 5.01 Å². The topological polar surface area (TPSA) is 36.4 Å². The molecule has 1 unspecified atom stereocenters. The fourth-order valence-electron chi connectivity index (χ4n) is 2.74. The Kier molecular flexibility index (Phi) is 3.76. The number of para-hydroxylation sites is 1. The molecule has 4 heteroatoms. The van der Waals surface area contributed by atoms with E-state index in [-0.39, 0.29) is 6.10 Å². The van der Waals surface area contributed by atoms with Gasteiger partial charge in [0, 0.05) is 22.7 Å². The third-order valence-corrected chi connectivity index (χ3v) is 5.00. The van der Waals surface area contributed by atoms with Gasteiger partial charge in [0.2, 0.25) is 0 Å². The Hall–Kier alpha value is -1.39. The van der Waals surface area contributed by atoms with Crippen molar-refractivity contribution < 1.29 is 5.11 Å². The molecule has 0 saturated carbocycles. The van der Waals surface area contributed by atoms with Gasteiger partial charge in [-0.05, 0) is 32.8 Å². The number of hydrogen-bond donors (Lipinski definition) is 1. The maximum atomic E-state index is 10.2. The number of aliphatic hydroxyl groups is 1. The summed E-state index contributed by atoms with van der Waals surface area (Å²) in [5, 5.41) is 11.4. The number of aromatic nitrogens is 1. The first-order chi connectivity index (χ1) is 9.65. The number of thiazole rings is 1. The van der Waals surface area contributed by atoms with Crippen LogP contribution in [0, 0.1) is 13.8 Å². The van der Waals surface area contributed by atoms with Crippen molar-refractivity contribution in [2.75, 3.05) is 11.4 Å². The largest absolute Gasteiger partial charge is 0.388 e. The molecule has 1 atom stereocenters. The predicted molar refractivity (Wildman–Crippen MR) is 83.3 cm³/mol. The van der Waals surface area contributed by atoms with Gasteiger partial charge in [0.05, 0.1) is 18.3 Å². The van der Waals surface area contributed by atoms with Crippen LogP contribution in [0.5, 0.6) is 0 Å². The van der Waals surface area contributed by atoms with Crippen LogP contribution in [-0.4, -0.2) is 16.6 Å². The summed E-state index contributed by atoms with van der Waals surface area (Å²) >= 11 is 1.77. The maximum Gasteiger partial charge on any atom is 0.112 e. The molecular formula is C16H20N2OS. The first-order valence-electron chi connectivity index (χ1n) is 7.10. The van der Waals surface area contributed by atoms with E-state index >= 15 is 0 Å². The molecule has 1 N–H and O–H groups in total. The third kappa shape index (κ3) is 2.58. The van der Waals surface area contributed by atoms with Crippen molar-refractivity contribution in [3.8, 4) is 0 Å². The second kappa shape index (κ2) is 5.54. The number of fused-ring (bicyclic) bond motifs is 1. The van der Waals surface area contributed by atoms with Crippen molar-refractivity contribution in [1.29, 1.82) is 0 Å². The van der Waals surface area contributed by atoms with E-state index in [4.69, 9.17) is 0 Å².